The molecule has 0 spiro atoms. The molecule has 3 aromatic rings. The average molecular weight is 349 g/mol. The fraction of sp³-hybridized carbons (Fsp3) is 0.0526. The van der Waals surface area contributed by atoms with E-state index in [0.29, 0.717) is 22.0 Å². The third kappa shape index (κ3) is 4.24. The molecular formula is C19H15N3O2S. The molecule has 124 valence electrons. The number of carbonyl (C=O) groups is 1. The molecule has 0 unspecified atom stereocenters. The van der Waals surface area contributed by atoms with Crippen LogP contribution in [-0.4, -0.2) is 22.4 Å². The first-order valence-electron chi connectivity index (χ1n) is 7.53. The summed E-state index contributed by atoms with van der Waals surface area (Å²) < 4.78 is 5.31. The summed E-state index contributed by atoms with van der Waals surface area (Å²) in [5.74, 6) is -0.0461. The topological polar surface area (TPSA) is 64.4 Å². The van der Waals surface area contributed by atoms with Crippen molar-refractivity contribution in [3.63, 3.8) is 0 Å². The van der Waals surface area contributed by atoms with Gasteiger partial charge in [-0.15, -0.1) is 10.2 Å². The van der Waals surface area contributed by atoms with Crippen molar-refractivity contribution in [2.75, 3.05) is 0 Å². The average Bonchev–Trinajstić information content (AvgIpc) is 3.10. The van der Waals surface area contributed by atoms with Gasteiger partial charge in [0.15, 0.2) is 0 Å². The molecule has 1 heterocycles. The van der Waals surface area contributed by atoms with Crippen LogP contribution in [0.15, 0.2) is 71.7 Å². The minimum absolute atomic E-state index is 0.336. The predicted octanol–water partition coefficient (Wildman–Crippen LogP) is 4.44. The van der Waals surface area contributed by atoms with Crippen molar-refractivity contribution in [1.29, 1.82) is 0 Å². The maximum Gasteiger partial charge on any atom is 0.338 e. The van der Waals surface area contributed by atoms with Crippen LogP contribution >= 0.6 is 11.3 Å². The molecule has 0 radical (unpaired) electrons. The molecule has 0 N–H and O–H groups in total. The van der Waals surface area contributed by atoms with Crippen LogP contribution in [-0.2, 0) is 4.79 Å². The van der Waals surface area contributed by atoms with Crippen LogP contribution < -0.4 is 4.74 Å². The number of rotatable bonds is 5. The zero-order chi connectivity index (χ0) is 17.6. The summed E-state index contributed by atoms with van der Waals surface area (Å²) in [5.41, 5.74) is 2.01. The van der Waals surface area contributed by atoms with Gasteiger partial charge in [0.25, 0.3) is 0 Å². The number of para-hydroxylation sites is 1. The van der Waals surface area contributed by atoms with E-state index >= 15 is 0 Å². The number of aromatic nitrogens is 2. The first-order valence-corrected chi connectivity index (χ1v) is 8.35. The fourth-order valence-corrected chi connectivity index (χ4v) is 2.65. The largest absolute Gasteiger partial charge is 0.422 e. The van der Waals surface area contributed by atoms with E-state index < -0.39 is 5.97 Å². The maximum atomic E-state index is 11.7. The Morgan fingerprint density at radius 2 is 1.84 bits per heavy atom. The van der Waals surface area contributed by atoms with Crippen LogP contribution in [0.5, 0.6) is 5.75 Å². The van der Waals surface area contributed by atoms with Gasteiger partial charge in [-0.2, -0.15) is 0 Å². The fourth-order valence-electron chi connectivity index (χ4n) is 1.96. The third-order valence-electron chi connectivity index (χ3n) is 3.22. The van der Waals surface area contributed by atoms with E-state index in [0.717, 1.165) is 10.6 Å². The van der Waals surface area contributed by atoms with Crippen LogP contribution in [0.2, 0.25) is 0 Å². The lowest BCUT2D eigenvalue weighted by atomic mass is 10.2. The first-order chi connectivity index (χ1) is 12.1. The standard InChI is InChI=1S/C19H15N3O2S/c1-13(2)18(23)24-16-11-7-6-10-15(16)12-20-19-22-21-17(25-19)14-8-4-3-5-9-14/h3-12H,1H2,2H3/b20-12+. The minimum Gasteiger partial charge on any atom is -0.422 e. The summed E-state index contributed by atoms with van der Waals surface area (Å²) in [5, 5.41) is 9.55. The van der Waals surface area contributed by atoms with Crippen molar-refractivity contribution in [2.45, 2.75) is 6.92 Å². The Labute approximate surface area is 149 Å². The molecule has 3 rings (SSSR count). The highest BCUT2D eigenvalue weighted by atomic mass is 32.1. The van der Waals surface area contributed by atoms with Crippen molar-refractivity contribution in [3.8, 4) is 16.3 Å². The number of benzene rings is 2. The molecule has 0 atom stereocenters. The zero-order valence-electron chi connectivity index (χ0n) is 13.5. The van der Waals surface area contributed by atoms with Crippen molar-refractivity contribution >= 4 is 28.7 Å². The number of esters is 1. The lowest BCUT2D eigenvalue weighted by molar-refractivity contribution is -0.130. The van der Waals surface area contributed by atoms with E-state index in [1.54, 1.807) is 25.3 Å². The van der Waals surface area contributed by atoms with Gasteiger partial charge in [-0.1, -0.05) is 60.4 Å². The third-order valence-corrected chi connectivity index (χ3v) is 4.10. The van der Waals surface area contributed by atoms with E-state index in [4.69, 9.17) is 4.74 Å². The van der Waals surface area contributed by atoms with Crippen LogP contribution in [0.4, 0.5) is 5.13 Å². The van der Waals surface area contributed by atoms with Crippen LogP contribution in [0.3, 0.4) is 0 Å². The SMILES string of the molecule is C=C(C)C(=O)Oc1ccccc1/C=N/c1nnc(-c2ccccc2)s1. The van der Waals surface area contributed by atoms with Crippen molar-refractivity contribution in [1.82, 2.24) is 10.2 Å². The lowest BCUT2D eigenvalue weighted by Gasteiger charge is -2.06. The Balaban J connectivity index is 1.80. The summed E-state index contributed by atoms with van der Waals surface area (Å²) in [6.07, 6.45) is 1.61. The molecule has 0 aliphatic carbocycles. The lowest BCUT2D eigenvalue weighted by Crippen LogP contribution is -2.09. The zero-order valence-corrected chi connectivity index (χ0v) is 14.4. The van der Waals surface area contributed by atoms with Crippen LogP contribution in [0, 0.1) is 0 Å². The van der Waals surface area contributed by atoms with Crippen molar-refractivity contribution in [3.05, 3.63) is 72.3 Å². The van der Waals surface area contributed by atoms with E-state index in [-0.39, 0.29) is 0 Å². The molecule has 0 bridgehead atoms. The second kappa shape index (κ2) is 7.63. The van der Waals surface area contributed by atoms with Crippen molar-refractivity contribution in [2.24, 2.45) is 4.99 Å². The van der Waals surface area contributed by atoms with Gasteiger partial charge in [-0.3, -0.25) is 0 Å². The van der Waals surface area contributed by atoms with Gasteiger partial charge in [-0.25, -0.2) is 9.79 Å². The van der Waals surface area contributed by atoms with E-state index in [9.17, 15) is 4.79 Å². The van der Waals surface area contributed by atoms with Gasteiger partial charge < -0.3 is 4.74 Å². The van der Waals surface area contributed by atoms with Gasteiger partial charge in [0.05, 0.1) is 0 Å². The van der Waals surface area contributed by atoms with E-state index in [1.165, 1.54) is 11.3 Å². The molecular weight excluding hydrogens is 334 g/mol. The number of ether oxygens (including phenoxy) is 1. The molecule has 0 amide bonds. The number of nitrogens with zero attached hydrogens (tertiary/aromatic N) is 3. The Kier molecular flexibility index (Phi) is 5.11. The first kappa shape index (κ1) is 16.7. The molecule has 6 heteroatoms. The van der Waals surface area contributed by atoms with Gasteiger partial charge >= 0.3 is 5.97 Å². The molecule has 5 nitrogen and oxygen atoms in total. The molecule has 25 heavy (non-hydrogen) atoms. The molecule has 0 aliphatic rings. The van der Waals surface area contributed by atoms with Crippen LogP contribution in [0.25, 0.3) is 10.6 Å². The molecule has 0 aliphatic heterocycles. The molecule has 2 aromatic carbocycles. The molecule has 1 aromatic heterocycles. The summed E-state index contributed by atoms with van der Waals surface area (Å²) in [6.45, 7) is 5.18. The predicted molar refractivity (Wildman–Crippen MR) is 99.5 cm³/mol. The van der Waals surface area contributed by atoms with Gasteiger partial charge in [0.2, 0.25) is 5.13 Å². The summed E-state index contributed by atoms with van der Waals surface area (Å²) in [6, 6.07) is 16.9. The quantitative estimate of drug-likeness (QED) is 0.296. The van der Waals surface area contributed by atoms with Crippen LogP contribution in [0.1, 0.15) is 12.5 Å². The number of aliphatic imine (C=N–C) groups is 1. The maximum absolute atomic E-state index is 11.7. The van der Waals surface area contributed by atoms with Gasteiger partial charge in [0, 0.05) is 22.9 Å². The highest BCUT2D eigenvalue weighted by molar-refractivity contribution is 7.18. The highest BCUT2D eigenvalue weighted by Gasteiger charge is 2.09. The van der Waals surface area contributed by atoms with E-state index in [1.807, 2.05) is 42.5 Å². The van der Waals surface area contributed by atoms with Gasteiger partial charge in [-0.05, 0) is 19.1 Å². The molecule has 0 saturated heterocycles. The monoisotopic (exact) mass is 349 g/mol. The number of hydrogen-bond acceptors (Lipinski definition) is 6. The summed E-state index contributed by atoms with van der Waals surface area (Å²) >= 11 is 1.39. The molecule has 0 saturated carbocycles. The van der Waals surface area contributed by atoms with E-state index in [2.05, 4.69) is 21.8 Å². The second-order valence-electron chi connectivity index (χ2n) is 5.22. The smallest absolute Gasteiger partial charge is 0.338 e. The Hall–Kier alpha value is -3.12. The van der Waals surface area contributed by atoms with Gasteiger partial charge in [0.1, 0.15) is 10.8 Å². The Morgan fingerprint density at radius 1 is 1.12 bits per heavy atom. The normalized spacial score (nSPS) is 10.8. The summed E-state index contributed by atoms with van der Waals surface area (Å²) in [4.78, 5) is 16.1. The Morgan fingerprint density at radius 3 is 2.60 bits per heavy atom. The Bertz CT molecular complexity index is 933. The highest BCUT2D eigenvalue weighted by Crippen LogP contribution is 2.28. The minimum atomic E-state index is -0.469. The van der Waals surface area contributed by atoms with Crippen molar-refractivity contribution < 1.29 is 9.53 Å². The number of hydrogen-bond donors (Lipinski definition) is 0. The number of carbonyl (C=O) groups excluding carboxylic acids is 1. The second-order valence-corrected chi connectivity index (χ2v) is 6.18. The molecule has 0 fully saturated rings. The summed E-state index contributed by atoms with van der Waals surface area (Å²) in [7, 11) is 0.